The summed E-state index contributed by atoms with van der Waals surface area (Å²) in [6, 6.07) is 12.1. The van der Waals surface area contributed by atoms with E-state index in [0.29, 0.717) is 23.3 Å². The zero-order chi connectivity index (χ0) is 17.5. The zero-order valence-electron chi connectivity index (χ0n) is 13.7. The molecular weight excluding hydrogens is 352 g/mol. The van der Waals surface area contributed by atoms with E-state index in [1.54, 1.807) is 11.3 Å². The van der Waals surface area contributed by atoms with Gasteiger partial charge in [0.1, 0.15) is 5.82 Å². The van der Waals surface area contributed by atoms with Gasteiger partial charge in [0.2, 0.25) is 11.1 Å². The van der Waals surface area contributed by atoms with E-state index < -0.39 is 0 Å². The Labute approximate surface area is 154 Å². The van der Waals surface area contributed by atoms with Crippen molar-refractivity contribution in [2.75, 3.05) is 5.75 Å². The third-order valence-corrected chi connectivity index (χ3v) is 5.19. The van der Waals surface area contributed by atoms with Crippen LogP contribution in [0.5, 0.6) is 0 Å². The molecule has 3 aromatic rings. The molecule has 25 heavy (non-hydrogen) atoms. The Bertz CT molecular complexity index is 856. The molecule has 2 heterocycles. The van der Waals surface area contributed by atoms with E-state index in [4.69, 9.17) is 0 Å². The van der Waals surface area contributed by atoms with Gasteiger partial charge in [0.15, 0.2) is 0 Å². The minimum absolute atomic E-state index is 0.0276. The highest BCUT2D eigenvalue weighted by Crippen LogP contribution is 2.15. The number of amides is 1. The van der Waals surface area contributed by atoms with E-state index in [1.807, 2.05) is 41.8 Å². The number of rotatable bonds is 7. The lowest BCUT2D eigenvalue weighted by atomic mass is 10.1. The molecule has 3 rings (SSSR count). The molecule has 2 N–H and O–H groups in total. The second-order valence-electron chi connectivity index (χ2n) is 5.34. The number of thiophene rings is 1. The summed E-state index contributed by atoms with van der Waals surface area (Å²) < 4.78 is 0. The molecular formula is C18H18N4OS2. The molecule has 128 valence electrons. The number of carbonyl (C=O) groups is 1. The Kier molecular flexibility index (Phi) is 6.03. The SMILES string of the molecule is Cc1ccccc1/C=C/c1nc(SCC(=O)NCc2cccs2)n[nH]1. The lowest BCUT2D eigenvalue weighted by Gasteiger charge is -2.01. The van der Waals surface area contributed by atoms with Gasteiger partial charge in [0, 0.05) is 4.88 Å². The van der Waals surface area contributed by atoms with E-state index in [2.05, 4.69) is 39.6 Å². The highest BCUT2D eigenvalue weighted by atomic mass is 32.2. The molecule has 7 heteroatoms. The summed E-state index contributed by atoms with van der Waals surface area (Å²) in [6.07, 6.45) is 3.88. The van der Waals surface area contributed by atoms with Gasteiger partial charge in [0.05, 0.1) is 12.3 Å². The summed E-state index contributed by atoms with van der Waals surface area (Å²) >= 11 is 2.94. The van der Waals surface area contributed by atoms with Crippen LogP contribution < -0.4 is 5.32 Å². The van der Waals surface area contributed by atoms with Gasteiger partial charge in [-0.3, -0.25) is 9.89 Å². The minimum Gasteiger partial charge on any atom is -0.350 e. The molecule has 0 saturated heterocycles. The predicted octanol–water partition coefficient (Wildman–Crippen LogP) is 3.75. The quantitative estimate of drug-likeness (QED) is 0.621. The highest BCUT2D eigenvalue weighted by Gasteiger charge is 2.07. The monoisotopic (exact) mass is 370 g/mol. The maximum absolute atomic E-state index is 11.9. The average Bonchev–Trinajstić information content (AvgIpc) is 3.29. The first-order valence-electron chi connectivity index (χ1n) is 7.79. The lowest BCUT2D eigenvalue weighted by Crippen LogP contribution is -2.24. The zero-order valence-corrected chi connectivity index (χ0v) is 15.4. The van der Waals surface area contributed by atoms with Crippen LogP contribution in [-0.2, 0) is 11.3 Å². The van der Waals surface area contributed by atoms with E-state index in [1.165, 1.54) is 17.3 Å². The number of aryl methyl sites for hydroxylation is 1. The maximum atomic E-state index is 11.9. The molecule has 5 nitrogen and oxygen atoms in total. The topological polar surface area (TPSA) is 70.7 Å². The molecule has 0 aliphatic carbocycles. The van der Waals surface area contributed by atoms with Crippen molar-refractivity contribution in [1.82, 2.24) is 20.5 Å². The van der Waals surface area contributed by atoms with Crippen LogP contribution in [0.25, 0.3) is 12.2 Å². The number of hydrogen-bond acceptors (Lipinski definition) is 5. The van der Waals surface area contributed by atoms with Crippen LogP contribution in [0.4, 0.5) is 0 Å². The van der Waals surface area contributed by atoms with E-state index in [0.717, 1.165) is 10.4 Å². The van der Waals surface area contributed by atoms with Gasteiger partial charge in [-0.1, -0.05) is 48.2 Å². The van der Waals surface area contributed by atoms with Crippen LogP contribution >= 0.6 is 23.1 Å². The number of benzene rings is 1. The van der Waals surface area contributed by atoms with Gasteiger partial charge in [-0.15, -0.1) is 16.4 Å². The second-order valence-corrected chi connectivity index (χ2v) is 7.31. The summed E-state index contributed by atoms with van der Waals surface area (Å²) in [7, 11) is 0. The van der Waals surface area contributed by atoms with Crippen molar-refractivity contribution in [2.24, 2.45) is 0 Å². The average molecular weight is 371 g/mol. The Balaban J connectivity index is 1.48. The summed E-state index contributed by atoms with van der Waals surface area (Å²) in [5.41, 5.74) is 2.34. The number of thioether (sulfide) groups is 1. The normalized spacial score (nSPS) is 11.1. The van der Waals surface area contributed by atoms with Gasteiger partial charge in [-0.2, -0.15) is 0 Å². The summed E-state index contributed by atoms with van der Waals surface area (Å²) in [5.74, 6) is 0.939. The Hall–Kier alpha value is -2.38. The predicted molar refractivity (Wildman–Crippen MR) is 103 cm³/mol. The first kappa shape index (κ1) is 17.4. The van der Waals surface area contributed by atoms with Crippen molar-refractivity contribution < 1.29 is 4.79 Å². The molecule has 2 aromatic heterocycles. The number of nitrogens with zero attached hydrogens (tertiary/aromatic N) is 2. The first-order valence-corrected chi connectivity index (χ1v) is 9.65. The van der Waals surface area contributed by atoms with Gasteiger partial charge in [0.25, 0.3) is 0 Å². The van der Waals surface area contributed by atoms with E-state index in [-0.39, 0.29) is 5.91 Å². The van der Waals surface area contributed by atoms with Gasteiger partial charge in [-0.25, -0.2) is 4.98 Å². The van der Waals surface area contributed by atoms with Crippen LogP contribution in [0.1, 0.15) is 21.8 Å². The number of carbonyl (C=O) groups excluding carboxylic acids is 1. The Morgan fingerprint density at radius 3 is 2.96 bits per heavy atom. The molecule has 0 aliphatic rings. The molecule has 0 spiro atoms. The van der Waals surface area contributed by atoms with Gasteiger partial charge in [-0.05, 0) is 35.6 Å². The number of hydrogen-bond donors (Lipinski definition) is 2. The lowest BCUT2D eigenvalue weighted by molar-refractivity contribution is -0.118. The fourth-order valence-electron chi connectivity index (χ4n) is 2.12. The third-order valence-electron chi connectivity index (χ3n) is 3.46. The molecule has 0 fully saturated rings. The van der Waals surface area contributed by atoms with Crippen molar-refractivity contribution in [1.29, 1.82) is 0 Å². The largest absolute Gasteiger partial charge is 0.350 e. The number of H-pyrrole nitrogens is 1. The van der Waals surface area contributed by atoms with Crippen molar-refractivity contribution in [3.8, 4) is 0 Å². The van der Waals surface area contributed by atoms with Crippen molar-refractivity contribution >= 4 is 41.2 Å². The highest BCUT2D eigenvalue weighted by molar-refractivity contribution is 7.99. The molecule has 0 radical (unpaired) electrons. The Morgan fingerprint density at radius 2 is 2.16 bits per heavy atom. The molecule has 1 aromatic carbocycles. The molecule has 1 amide bonds. The smallest absolute Gasteiger partial charge is 0.230 e. The first-order chi connectivity index (χ1) is 12.2. The number of nitrogens with one attached hydrogen (secondary N) is 2. The van der Waals surface area contributed by atoms with Crippen molar-refractivity contribution in [3.63, 3.8) is 0 Å². The fraction of sp³-hybridized carbons (Fsp3) is 0.167. The minimum atomic E-state index is -0.0276. The van der Waals surface area contributed by atoms with Gasteiger partial charge >= 0.3 is 0 Å². The van der Waals surface area contributed by atoms with Crippen LogP contribution in [0.15, 0.2) is 46.9 Å². The molecule has 0 unspecified atom stereocenters. The van der Waals surface area contributed by atoms with E-state index in [9.17, 15) is 4.79 Å². The Morgan fingerprint density at radius 1 is 1.28 bits per heavy atom. The number of aromatic nitrogens is 3. The molecule has 0 saturated carbocycles. The second kappa shape index (κ2) is 8.64. The number of aromatic amines is 1. The van der Waals surface area contributed by atoms with Crippen LogP contribution in [-0.4, -0.2) is 26.8 Å². The van der Waals surface area contributed by atoms with Gasteiger partial charge < -0.3 is 5.32 Å². The fourth-order valence-corrected chi connectivity index (χ4v) is 3.40. The molecule has 0 aliphatic heterocycles. The molecule has 0 atom stereocenters. The molecule has 0 bridgehead atoms. The van der Waals surface area contributed by atoms with Crippen molar-refractivity contribution in [3.05, 3.63) is 63.6 Å². The summed E-state index contributed by atoms with van der Waals surface area (Å²) in [5, 5.41) is 12.5. The van der Waals surface area contributed by atoms with Crippen LogP contribution in [0.2, 0.25) is 0 Å². The maximum Gasteiger partial charge on any atom is 0.230 e. The van der Waals surface area contributed by atoms with Crippen molar-refractivity contribution in [2.45, 2.75) is 18.6 Å². The van der Waals surface area contributed by atoms with Crippen LogP contribution in [0.3, 0.4) is 0 Å². The van der Waals surface area contributed by atoms with Crippen LogP contribution in [0, 0.1) is 6.92 Å². The summed E-state index contributed by atoms with van der Waals surface area (Å²) in [4.78, 5) is 17.4. The third kappa shape index (κ3) is 5.30. The summed E-state index contributed by atoms with van der Waals surface area (Å²) in [6.45, 7) is 2.63. The van der Waals surface area contributed by atoms with E-state index >= 15 is 0 Å². The standard InChI is InChI=1S/C18H18N4OS2/c1-13-5-2-3-6-14(13)8-9-16-20-18(22-21-16)25-12-17(23)19-11-15-7-4-10-24-15/h2-10H,11-12H2,1H3,(H,19,23)(H,20,21,22)/b9-8+.